The van der Waals surface area contributed by atoms with Crippen LogP contribution in [0.3, 0.4) is 0 Å². The number of ether oxygens (including phenoxy) is 3. The van der Waals surface area contributed by atoms with E-state index >= 15 is 0 Å². The van der Waals surface area contributed by atoms with E-state index in [4.69, 9.17) is 14.2 Å². The summed E-state index contributed by atoms with van der Waals surface area (Å²) in [5, 5.41) is 30.0. The van der Waals surface area contributed by atoms with Crippen molar-refractivity contribution >= 4 is 53.3 Å². The van der Waals surface area contributed by atoms with Crippen molar-refractivity contribution in [3.8, 4) is 5.75 Å². The number of cyclic esters (lactones) is 2. The molecule has 0 saturated carbocycles. The molecule has 1 aromatic rings. The van der Waals surface area contributed by atoms with Gasteiger partial charge in [-0.3, -0.25) is 38.4 Å². The van der Waals surface area contributed by atoms with E-state index in [9.17, 15) is 53.4 Å². The first-order valence-electron chi connectivity index (χ1n) is 26.1. The van der Waals surface area contributed by atoms with Gasteiger partial charge in [0.15, 0.2) is 6.10 Å². The van der Waals surface area contributed by atoms with Crippen LogP contribution in [-0.4, -0.2) is 184 Å². The molecule has 21 heteroatoms. The van der Waals surface area contributed by atoms with E-state index in [0.717, 1.165) is 0 Å². The summed E-state index contributed by atoms with van der Waals surface area (Å²) in [5.41, 5.74) is 0.595. The van der Waals surface area contributed by atoms with Gasteiger partial charge in [0.05, 0.1) is 25.7 Å². The zero-order chi connectivity index (χ0) is 55.5. The van der Waals surface area contributed by atoms with Gasteiger partial charge in [0.2, 0.25) is 29.5 Å². The van der Waals surface area contributed by atoms with Crippen molar-refractivity contribution in [2.45, 2.75) is 187 Å². The van der Waals surface area contributed by atoms with E-state index in [1.165, 1.54) is 54.7 Å². The predicted octanol–water partition coefficient (Wildman–Crippen LogP) is 1.72. The summed E-state index contributed by atoms with van der Waals surface area (Å²) in [5.74, 6) is -7.70. The van der Waals surface area contributed by atoms with Gasteiger partial charge in [0.1, 0.15) is 54.2 Å². The molecule has 5 N–H and O–H groups in total. The summed E-state index contributed by atoms with van der Waals surface area (Å²) in [4.78, 5) is 134. The van der Waals surface area contributed by atoms with Crippen LogP contribution in [0, 0.1) is 23.7 Å². The number of likely N-dealkylation sites (tertiary alicyclic amines) is 1. The molecule has 1 aromatic carbocycles. The maximum Gasteiger partial charge on any atom is 0.329 e. The van der Waals surface area contributed by atoms with Crippen molar-refractivity contribution in [2.24, 2.45) is 23.7 Å². The van der Waals surface area contributed by atoms with Gasteiger partial charge in [-0.1, -0.05) is 67.5 Å². The Morgan fingerprint density at radius 3 is 2.05 bits per heavy atom. The molecule has 21 nitrogen and oxygen atoms in total. The number of likely N-dealkylation sites (N-methyl/N-ethyl adjacent to an activating group) is 2. The second-order valence-electron chi connectivity index (χ2n) is 21.7. The number of amides is 7. The quantitative estimate of drug-likeness (QED) is 0.166. The Hall–Kier alpha value is -5.83. The van der Waals surface area contributed by atoms with Crippen molar-refractivity contribution in [3.05, 3.63) is 29.8 Å². The van der Waals surface area contributed by atoms with Crippen LogP contribution in [0.2, 0.25) is 0 Å². The molecule has 3 saturated heterocycles. The number of rotatable bonds is 14. The van der Waals surface area contributed by atoms with Crippen molar-refractivity contribution in [2.75, 3.05) is 34.3 Å². The lowest BCUT2D eigenvalue weighted by Crippen LogP contribution is -2.62. The van der Waals surface area contributed by atoms with Crippen LogP contribution in [-0.2, 0) is 59.0 Å². The summed E-state index contributed by atoms with van der Waals surface area (Å²) in [7, 11) is 4.33. The van der Waals surface area contributed by atoms with Gasteiger partial charge in [-0.25, -0.2) is 4.79 Å². The molecule has 3 fully saturated rings. The molecule has 0 bridgehead atoms. The zero-order valence-corrected chi connectivity index (χ0v) is 45.6. The van der Waals surface area contributed by atoms with Crippen LogP contribution in [0.5, 0.6) is 5.75 Å². The molecule has 74 heavy (non-hydrogen) atoms. The molecule has 11 atom stereocenters. The van der Waals surface area contributed by atoms with Crippen molar-refractivity contribution < 1.29 is 67.6 Å². The molecule has 7 amide bonds. The minimum Gasteiger partial charge on any atom is -0.497 e. The number of nitrogens with zero attached hydrogens (tertiary/aromatic N) is 4. The molecule has 4 unspecified atom stereocenters. The fourth-order valence-electron chi connectivity index (χ4n) is 9.91. The molecule has 0 spiro atoms. The van der Waals surface area contributed by atoms with Crippen molar-refractivity contribution in [1.82, 2.24) is 35.6 Å². The Morgan fingerprint density at radius 1 is 0.851 bits per heavy atom. The second kappa shape index (κ2) is 27.1. The number of aliphatic hydroxyl groups is 2. The van der Waals surface area contributed by atoms with Gasteiger partial charge in [-0.15, -0.1) is 0 Å². The van der Waals surface area contributed by atoms with Crippen LogP contribution in [0.1, 0.15) is 120 Å². The number of hydrogen-bond acceptors (Lipinski definition) is 14. The smallest absolute Gasteiger partial charge is 0.329 e. The highest BCUT2D eigenvalue weighted by Gasteiger charge is 2.45. The Labute approximate surface area is 436 Å². The fraction of sp³-hybridized carbons (Fsp3) is 0.717. The zero-order valence-electron chi connectivity index (χ0n) is 45.6. The molecule has 3 aliphatic rings. The lowest BCUT2D eigenvalue weighted by molar-refractivity contribution is -0.162. The number of benzene rings is 1. The lowest BCUT2D eigenvalue weighted by atomic mass is 9.95. The summed E-state index contributed by atoms with van der Waals surface area (Å²) in [6.45, 7) is 17.1. The first-order chi connectivity index (χ1) is 34.7. The third kappa shape index (κ3) is 15.6. The van der Waals surface area contributed by atoms with Gasteiger partial charge in [-0.2, -0.15) is 0 Å². The van der Waals surface area contributed by atoms with Crippen LogP contribution in [0.25, 0.3) is 0 Å². The van der Waals surface area contributed by atoms with Gasteiger partial charge in [-0.05, 0) is 93.7 Å². The molecule has 3 heterocycles. The second-order valence-corrected chi connectivity index (χ2v) is 21.7. The largest absolute Gasteiger partial charge is 0.497 e. The Kier molecular flexibility index (Phi) is 22.2. The highest BCUT2D eigenvalue weighted by molar-refractivity contribution is 5.97. The van der Waals surface area contributed by atoms with Crippen LogP contribution in [0.15, 0.2) is 24.3 Å². The van der Waals surface area contributed by atoms with E-state index in [1.807, 2.05) is 27.7 Å². The number of carbonyl (C=O) groups excluding carboxylic acids is 9. The standard InChI is InChI=1S/C53H83N7O14/c1-28(2)24-36-50(68)60-23-15-17-38(60)52(70)58(12)40(26-34-18-20-35(72-13)21-19-34)53(71)73-33(10)44(47(65)55-43(30(5)6)41(62)27-42(63)74-45(31(7)8)48(66)54-36)56-46(64)39(25-29(3)4)57(11)51(69)37-16-14-22-59(37)49(67)32(9)61/h18-21,28-33,36-41,43-45,61-62H,14-17,22-27H2,1-13H3,(H,54,66)(H,55,65)(H,56,64)/t32-,33+,36-,37?,38?,39?,40?,41-,43+,44-,45-/m0/s1. The highest BCUT2D eigenvalue weighted by atomic mass is 16.6. The third-order valence-corrected chi connectivity index (χ3v) is 14.1. The summed E-state index contributed by atoms with van der Waals surface area (Å²) in [6.07, 6.45) is -4.95. The van der Waals surface area contributed by atoms with E-state index in [1.54, 1.807) is 52.0 Å². The number of aliphatic hydroxyl groups excluding tert-OH is 2. The topological polar surface area (TPSA) is 271 Å². The third-order valence-electron chi connectivity index (χ3n) is 14.1. The number of hydrogen-bond donors (Lipinski definition) is 5. The first kappa shape index (κ1) is 60.7. The number of methoxy groups -OCH3 is 1. The molecule has 0 aromatic heterocycles. The lowest BCUT2D eigenvalue weighted by Gasteiger charge is -2.36. The number of carbonyl (C=O) groups is 9. The number of esters is 2. The number of fused-ring (bicyclic) bond motifs is 1. The average molecular weight is 1040 g/mol. The minimum atomic E-state index is -1.73. The Balaban J connectivity index is 1.85. The highest BCUT2D eigenvalue weighted by Crippen LogP contribution is 2.27. The maximum absolute atomic E-state index is 14.8. The van der Waals surface area contributed by atoms with E-state index in [2.05, 4.69) is 16.0 Å². The normalized spacial score (nSPS) is 27.0. The molecule has 3 aliphatic heterocycles. The summed E-state index contributed by atoms with van der Waals surface area (Å²) < 4.78 is 17.2. The molecule has 4 rings (SSSR count). The van der Waals surface area contributed by atoms with Crippen molar-refractivity contribution in [1.29, 1.82) is 0 Å². The molecule has 0 aliphatic carbocycles. The number of nitrogens with one attached hydrogen (secondary N) is 3. The first-order valence-corrected chi connectivity index (χ1v) is 26.1. The van der Waals surface area contributed by atoms with Gasteiger partial charge in [0, 0.05) is 33.6 Å². The maximum atomic E-state index is 14.8. The Morgan fingerprint density at radius 2 is 1.49 bits per heavy atom. The average Bonchev–Trinajstić information content (AvgIpc) is 4.04. The molecular formula is C53H83N7O14. The van der Waals surface area contributed by atoms with E-state index < -0.39 is 138 Å². The summed E-state index contributed by atoms with van der Waals surface area (Å²) >= 11 is 0. The predicted molar refractivity (Wildman–Crippen MR) is 271 cm³/mol. The monoisotopic (exact) mass is 1040 g/mol. The SMILES string of the molecule is COc1ccc(CC2C(=O)O[C@H](C)[C@H](NC(=O)C(CC(C)C)N(C)C(=O)C3CCCN3C(=O)[C@H](C)O)C(=O)N[C@H](C(C)C)[C@@H](O)CC(=O)O[C@@H](C(C)C)C(=O)N[C@@H](CC(C)C)C(=O)N3CCCC3C(=O)N2C)cc1. The van der Waals surface area contributed by atoms with E-state index in [0.29, 0.717) is 24.2 Å². The summed E-state index contributed by atoms with van der Waals surface area (Å²) in [6, 6.07) is -1.88. The van der Waals surface area contributed by atoms with Crippen molar-refractivity contribution in [3.63, 3.8) is 0 Å². The van der Waals surface area contributed by atoms with Gasteiger partial charge in [0.25, 0.3) is 11.8 Å². The van der Waals surface area contributed by atoms with Crippen LogP contribution in [0.4, 0.5) is 0 Å². The van der Waals surface area contributed by atoms with Gasteiger partial charge < -0.3 is 60.0 Å². The Bertz CT molecular complexity index is 2150. The fourth-order valence-corrected chi connectivity index (χ4v) is 9.91. The molecule has 414 valence electrons. The molecule has 0 radical (unpaired) electrons. The van der Waals surface area contributed by atoms with E-state index in [-0.39, 0.29) is 57.0 Å². The van der Waals surface area contributed by atoms with Gasteiger partial charge >= 0.3 is 11.9 Å². The molecular weight excluding hydrogens is 959 g/mol. The van der Waals surface area contributed by atoms with Crippen LogP contribution < -0.4 is 20.7 Å². The minimum absolute atomic E-state index is 0.0915. The van der Waals surface area contributed by atoms with Crippen LogP contribution >= 0.6 is 0 Å².